The quantitative estimate of drug-likeness (QED) is 0.809. The van der Waals surface area contributed by atoms with Crippen LogP contribution in [-0.2, 0) is 10.0 Å². The molecule has 3 rings (SSSR count). The van der Waals surface area contributed by atoms with Gasteiger partial charge in [0.05, 0.1) is 10.5 Å². The zero-order chi connectivity index (χ0) is 17.4. The second kappa shape index (κ2) is 6.46. The minimum Gasteiger partial charge on any atom is -0.388 e. The highest BCUT2D eigenvalue weighted by Crippen LogP contribution is 2.39. The van der Waals surface area contributed by atoms with Crippen molar-refractivity contribution in [2.24, 2.45) is 5.92 Å². The Hall–Kier alpha value is -1.44. The lowest BCUT2D eigenvalue weighted by atomic mass is 10.0. The molecule has 1 aromatic rings. The number of sulfonamides is 1. The average Bonchev–Trinajstić information content (AvgIpc) is 3.28. The molecule has 0 spiro atoms. The van der Waals surface area contributed by atoms with Crippen LogP contribution in [-0.4, -0.2) is 49.0 Å². The molecular weight excluding hydrogens is 328 g/mol. The normalized spacial score (nSPS) is 21.4. The third-order valence-corrected chi connectivity index (χ3v) is 6.80. The minimum absolute atomic E-state index is 0.199. The van der Waals surface area contributed by atoms with Gasteiger partial charge in [0.25, 0.3) is 5.91 Å². The fourth-order valence-corrected chi connectivity index (χ4v) is 4.58. The molecule has 1 atom stereocenters. The van der Waals surface area contributed by atoms with Crippen molar-refractivity contribution in [3.8, 4) is 0 Å². The molecule has 24 heavy (non-hydrogen) atoms. The van der Waals surface area contributed by atoms with Gasteiger partial charge in [0, 0.05) is 25.2 Å². The summed E-state index contributed by atoms with van der Waals surface area (Å²) >= 11 is 0. The number of hydrogen-bond donors (Lipinski definition) is 2. The van der Waals surface area contributed by atoms with E-state index in [1.807, 2.05) is 0 Å². The van der Waals surface area contributed by atoms with Crippen LogP contribution in [0.5, 0.6) is 0 Å². The molecule has 2 N–H and O–H groups in total. The van der Waals surface area contributed by atoms with Crippen LogP contribution < -0.4 is 5.32 Å². The van der Waals surface area contributed by atoms with Gasteiger partial charge in [0.15, 0.2) is 0 Å². The van der Waals surface area contributed by atoms with E-state index in [1.165, 1.54) is 28.6 Å². The number of benzene rings is 1. The standard InChI is InChI=1S/C17H24N2O4S/c1-17(21,14-6-7-14)12-18-16(20)13-4-8-15(9-5-13)24(22,23)19-10-2-3-11-19/h4-5,8-9,14,21H,2-3,6-7,10-12H2,1H3,(H,18,20)/t17-/m1/s1. The molecule has 1 heterocycles. The van der Waals surface area contributed by atoms with E-state index in [0.717, 1.165) is 25.7 Å². The van der Waals surface area contributed by atoms with E-state index in [0.29, 0.717) is 18.7 Å². The summed E-state index contributed by atoms with van der Waals surface area (Å²) in [5, 5.41) is 12.9. The van der Waals surface area contributed by atoms with E-state index in [2.05, 4.69) is 5.32 Å². The second-order valence-electron chi connectivity index (χ2n) is 6.95. The molecule has 7 heteroatoms. The predicted molar refractivity (Wildman–Crippen MR) is 90.1 cm³/mol. The maximum Gasteiger partial charge on any atom is 0.251 e. The van der Waals surface area contributed by atoms with Gasteiger partial charge in [-0.1, -0.05) is 0 Å². The first-order valence-corrected chi connectivity index (χ1v) is 9.85. The third-order valence-electron chi connectivity index (χ3n) is 4.88. The first-order valence-electron chi connectivity index (χ1n) is 8.41. The number of carbonyl (C=O) groups excluding carboxylic acids is 1. The number of hydrogen-bond acceptors (Lipinski definition) is 4. The molecule has 6 nitrogen and oxygen atoms in total. The van der Waals surface area contributed by atoms with Gasteiger partial charge < -0.3 is 10.4 Å². The highest BCUT2D eigenvalue weighted by Gasteiger charge is 2.40. The van der Waals surface area contributed by atoms with Gasteiger partial charge in [-0.15, -0.1) is 0 Å². The van der Waals surface area contributed by atoms with Crippen LogP contribution in [0, 0.1) is 5.92 Å². The molecule has 0 bridgehead atoms. The highest BCUT2D eigenvalue weighted by molar-refractivity contribution is 7.89. The van der Waals surface area contributed by atoms with Gasteiger partial charge >= 0.3 is 0 Å². The van der Waals surface area contributed by atoms with E-state index in [1.54, 1.807) is 6.92 Å². The number of nitrogens with one attached hydrogen (secondary N) is 1. The van der Waals surface area contributed by atoms with Gasteiger partial charge in [-0.3, -0.25) is 4.79 Å². The lowest BCUT2D eigenvalue weighted by molar-refractivity contribution is 0.0354. The lowest BCUT2D eigenvalue weighted by Gasteiger charge is -2.23. The Morgan fingerprint density at radius 2 is 1.83 bits per heavy atom. The average molecular weight is 352 g/mol. The van der Waals surface area contributed by atoms with Gasteiger partial charge in [-0.25, -0.2) is 8.42 Å². The molecule has 0 aromatic heterocycles. The van der Waals surface area contributed by atoms with Crippen molar-refractivity contribution in [1.82, 2.24) is 9.62 Å². The van der Waals surface area contributed by atoms with Gasteiger partial charge in [0.1, 0.15) is 0 Å². The molecule has 1 saturated heterocycles. The Balaban J connectivity index is 1.64. The summed E-state index contributed by atoms with van der Waals surface area (Å²) in [6, 6.07) is 5.98. The SMILES string of the molecule is C[C@@](O)(CNC(=O)c1ccc(S(=O)(=O)N2CCCC2)cc1)C1CC1. The lowest BCUT2D eigenvalue weighted by Crippen LogP contribution is -2.42. The molecule has 0 radical (unpaired) electrons. The third kappa shape index (κ3) is 3.63. The first kappa shape index (κ1) is 17.4. The molecular formula is C17H24N2O4S. The van der Waals surface area contributed by atoms with Crippen molar-refractivity contribution in [2.75, 3.05) is 19.6 Å². The Morgan fingerprint density at radius 3 is 2.38 bits per heavy atom. The summed E-state index contributed by atoms with van der Waals surface area (Å²) in [6.07, 6.45) is 3.76. The molecule has 1 aromatic carbocycles. The fraction of sp³-hybridized carbons (Fsp3) is 0.588. The van der Waals surface area contributed by atoms with Crippen LogP contribution in [0.25, 0.3) is 0 Å². The topological polar surface area (TPSA) is 86.7 Å². The Bertz CT molecular complexity index is 703. The van der Waals surface area contributed by atoms with Crippen LogP contribution in [0.15, 0.2) is 29.2 Å². The number of aliphatic hydroxyl groups is 1. The summed E-state index contributed by atoms with van der Waals surface area (Å²) in [5.74, 6) is -0.0492. The number of amides is 1. The van der Waals surface area contributed by atoms with Crippen molar-refractivity contribution >= 4 is 15.9 Å². The molecule has 1 aliphatic carbocycles. The molecule has 132 valence electrons. The zero-order valence-corrected chi connectivity index (χ0v) is 14.7. The van der Waals surface area contributed by atoms with Gasteiger partial charge in [-0.2, -0.15) is 4.31 Å². The smallest absolute Gasteiger partial charge is 0.251 e. The van der Waals surface area contributed by atoms with Crippen LogP contribution in [0.4, 0.5) is 0 Å². The monoisotopic (exact) mass is 352 g/mol. The summed E-state index contributed by atoms with van der Waals surface area (Å²) in [5.41, 5.74) is -0.490. The van der Waals surface area contributed by atoms with Gasteiger partial charge in [-0.05, 0) is 62.8 Å². The highest BCUT2D eigenvalue weighted by atomic mass is 32.2. The van der Waals surface area contributed by atoms with E-state index in [9.17, 15) is 18.3 Å². The first-order chi connectivity index (χ1) is 11.3. The summed E-state index contributed by atoms with van der Waals surface area (Å²) < 4.78 is 26.4. The Morgan fingerprint density at radius 1 is 1.25 bits per heavy atom. The fourth-order valence-electron chi connectivity index (χ4n) is 3.07. The summed E-state index contributed by atoms with van der Waals surface area (Å²) in [7, 11) is -3.46. The molecule has 2 fully saturated rings. The van der Waals surface area contributed by atoms with E-state index in [-0.39, 0.29) is 23.3 Å². The second-order valence-corrected chi connectivity index (χ2v) is 8.89. The molecule has 1 saturated carbocycles. The molecule has 1 amide bonds. The van der Waals surface area contributed by atoms with Crippen molar-refractivity contribution in [2.45, 2.75) is 43.1 Å². The van der Waals surface area contributed by atoms with Gasteiger partial charge in [0.2, 0.25) is 10.0 Å². The van der Waals surface area contributed by atoms with Crippen molar-refractivity contribution in [3.63, 3.8) is 0 Å². The van der Waals surface area contributed by atoms with Crippen LogP contribution >= 0.6 is 0 Å². The molecule has 2 aliphatic rings. The number of rotatable bonds is 6. The summed E-state index contributed by atoms with van der Waals surface area (Å²) in [6.45, 7) is 3.04. The van der Waals surface area contributed by atoms with E-state index in [4.69, 9.17) is 0 Å². The summed E-state index contributed by atoms with van der Waals surface area (Å²) in [4.78, 5) is 12.4. The van der Waals surface area contributed by atoms with Crippen molar-refractivity contribution in [1.29, 1.82) is 0 Å². The Labute approximate surface area is 142 Å². The maximum atomic E-state index is 12.4. The Kier molecular flexibility index (Phi) is 4.68. The maximum absolute atomic E-state index is 12.4. The van der Waals surface area contributed by atoms with Crippen molar-refractivity contribution in [3.05, 3.63) is 29.8 Å². The largest absolute Gasteiger partial charge is 0.388 e. The van der Waals surface area contributed by atoms with Crippen molar-refractivity contribution < 1.29 is 18.3 Å². The number of nitrogens with zero attached hydrogens (tertiary/aromatic N) is 1. The van der Waals surface area contributed by atoms with E-state index >= 15 is 0 Å². The van der Waals surface area contributed by atoms with E-state index < -0.39 is 15.6 Å². The zero-order valence-electron chi connectivity index (χ0n) is 13.9. The minimum atomic E-state index is -3.46. The predicted octanol–water partition coefficient (Wildman–Crippen LogP) is 1.36. The van der Waals surface area contributed by atoms with Crippen LogP contribution in [0.3, 0.4) is 0 Å². The van der Waals surface area contributed by atoms with Crippen LogP contribution in [0.1, 0.15) is 43.0 Å². The number of carbonyl (C=O) groups is 1. The molecule has 0 unspecified atom stereocenters. The van der Waals surface area contributed by atoms with Crippen LogP contribution in [0.2, 0.25) is 0 Å². The molecule has 1 aliphatic heterocycles.